The van der Waals surface area contributed by atoms with E-state index in [0.717, 1.165) is 6.42 Å². The van der Waals surface area contributed by atoms with E-state index >= 15 is 0 Å². The van der Waals surface area contributed by atoms with Crippen molar-refractivity contribution in [2.24, 2.45) is 5.92 Å². The second-order valence-corrected chi connectivity index (χ2v) is 5.29. The van der Waals surface area contributed by atoms with Gasteiger partial charge in [0, 0.05) is 19.7 Å². The first-order chi connectivity index (χ1) is 9.95. The SMILES string of the molecule is COCC(C)Nc1ncnc(NCCC(C)C)c1[N+](=O)[O-]. The second kappa shape index (κ2) is 8.35. The lowest BCUT2D eigenvalue weighted by Crippen LogP contribution is -2.22. The van der Waals surface area contributed by atoms with Gasteiger partial charge in [-0.2, -0.15) is 0 Å². The number of aromatic nitrogens is 2. The minimum Gasteiger partial charge on any atom is -0.383 e. The van der Waals surface area contributed by atoms with Crippen molar-refractivity contribution in [3.8, 4) is 0 Å². The fourth-order valence-corrected chi connectivity index (χ4v) is 1.79. The molecular formula is C13H23N5O3. The lowest BCUT2D eigenvalue weighted by atomic mass is 10.1. The van der Waals surface area contributed by atoms with Crippen LogP contribution < -0.4 is 10.6 Å². The summed E-state index contributed by atoms with van der Waals surface area (Å²) in [5.74, 6) is 0.951. The third-order valence-electron chi connectivity index (χ3n) is 2.82. The number of hydrogen-bond donors (Lipinski definition) is 2. The molecule has 1 unspecified atom stereocenters. The fourth-order valence-electron chi connectivity index (χ4n) is 1.79. The maximum absolute atomic E-state index is 11.3. The standard InChI is InChI=1S/C13H23N5O3/c1-9(2)5-6-14-12-11(18(19)20)13(16-8-15-12)17-10(3)7-21-4/h8-10H,5-7H2,1-4H3,(H2,14,15,16,17). The molecule has 1 atom stereocenters. The number of nitrogens with one attached hydrogen (secondary N) is 2. The van der Waals surface area contributed by atoms with Crippen molar-refractivity contribution in [2.75, 3.05) is 30.9 Å². The van der Waals surface area contributed by atoms with E-state index in [1.165, 1.54) is 6.33 Å². The van der Waals surface area contributed by atoms with E-state index in [0.29, 0.717) is 19.1 Å². The Morgan fingerprint density at radius 3 is 2.57 bits per heavy atom. The highest BCUT2D eigenvalue weighted by molar-refractivity contribution is 5.69. The molecule has 1 aromatic heterocycles. The van der Waals surface area contributed by atoms with Crippen molar-refractivity contribution in [3.05, 3.63) is 16.4 Å². The van der Waals surface area contributed by atoms with Gasteiger partial charge < -0.3 is 15.4 Å². The highest BCUT2D eigenvalue weighted by atomic mass is 16.6. The van der Waals surface area contributed by atoms with E-state index in [1.807, 2.05) is 6.92 Å². The molecule has 2 N–H and O–H groups in total. The molecular weight excluding hydrogens is 274 g/mol. The van der Waals surface area contributed by atoms with E-state index in [-0.39, 0.29) is 23.4 Å². The molecule has 0 aromatic carbocycles. The Morgan fingerprint density at radius 2 is 2.00 bits per heavy atom. The second-order valence-electron chi connectivity index (χ2n) is 5.29. The Hall–Kier alpha value is -1.96. The average Bonchev–Trinajstić information content (AvgIpc) is 2.38. The van der Waals surface area contributed by atoms with Gasteiger partial charge in [-0.3, -0.25) is 10.1 Å². The summed E-state index contributed by atoms with van der Waals surface area (Å²) in [7, 11) is 1.57. The molecule has 118 valence electrons. The van der Waals surface area contributed by atoms with Gasteiger partial charge in [0.2, 0.25) is 11.6 Å². The summed E-state index contributed by atoms with van der Waals surface area (Å²) in [6, 6.07) is -0.0906. The van der Waals surface area contributed by atoms with Crippen LogP contribution in [0.1, 0.15) is 27.2 Å². The molecule has 0 fully saturated rings. The van der Waals surface area contributed by atoms with Crippen LogP contribution in [0.4, 0.5) is 17.3 Å². The number of methoxy groups -OCH3 is 1. The molecule has 8 heteroatoms. The summed E-state index contributed by atoms with van der Waals surface area (Å²) in [5.41, 5.74) is -0.135. The number of rotatable bonds is 9. The summed E-state index contributed by atoms with van der Waals surface area (Å²) < 4.78 is 5.01. The molecule has 0 amide bonds. The molecule has 1 heterocycles. The lowest BCUT2D eigenvalue weighted by molar-refractivity contribution is -0.383. The summed E-state index contributed by atoms with van der Waals surface area (Å²) in [4.78, 5) is 18.8. The van der Waals surface area contributed by atoms with E-state index in [9.17, 15) is 10.1 Å². The van der Waals surface area contributed by atoms with Gasteiger partial charge >= 0.3 is 5.69 Å². The van der Waals surface area contributed by atoms with Crippen LogP contribution in [0.3, 0.4) is 0 Å². The smallest absolute Gasteiger partial charge is 0.353 e. The zero-order valence-corrected chi connectivity index (χ0v) is 12.9. The van der Waals surface area contributed by atoms with Crippen molar-refractivity contribution in [1.82, 2.24) is 9.97 Å². The Balaban J connectivity index is 2.90. The molecule has 0 aliphatic heterocycles. The Labute approximate surface area is 124 Å². The predicted molar refractivity (Wildman–Crippen MR) is 81.6 cm³/mol. The molecule has 1 aromatic rings. The van der Waals surface area contributed by atoms with Gasteiger partial charge in [-0.1, -0.05) is 13.8 Å². The molecule has 1 rings (SSSR count). The van der Waals surface area contributed by atoms with E-state index in [2.05, 4.69) is 34.4 Å². The topological polar surface area (TPSA) is 102 Å². The third-order valence-corrected chi connectivity index (χ3v) is 2.82. The van der Waals surface area contributed by atoms with Crippen molar-refractivity contribution < 1.29 is 9.66 Å². The Morgan fingerprint density at radius 1 is 1.33 bits per heavy atom. The molecule has 21 heavy (non-hydrogen) atoms. The Bertz CT molecular complexity index is 467. The number of anilines is 2. The third kappa shape index (κ3) is 5.50. The van der Waals surface area contributed by atoms with Crippen LogP contribution in [-0.4, -0.2) is 41.2 Å². The largest absolute Gasteiger partial charge is 0.383 e. The normalized spacial score (nSPS) is 12.2. The van der Waals surface area contributed by atoms with Crippen LogP contribution in [0.25, 0.3) is 0 Å². The molecule has 0 saturated heterocycles. The summed E-state index contributed by atoms with van der Waals surface area (Å²) in [5, 5.41) is 17.3. The zero-order valence-electron chi connectivity index (χ0n) is 12.9. The quantitative estimate of drug-likeness (QED) is 0.532. The molecule has 8 nitrogen and oxygen atoms in total. The van der Waals surface area contributed by atoms with Crippen LogP contribution >= 0.6 is 0 Å². The molecule has 0 saturated carbocycles. The lowest BCUT2D eigenvalue weighted by Gasteiger charge is -2.14. The van der Waals surface area contributed by atoms with Gasteiger partial charge in [-0.25, -0.2) is 9.97 Å². The minimum atomic E-state index is -0.473. The fraction of sp³-hybridized carbons (Fsp3) is 0.692. The first-order valence-electron chi connectivity index (χ1n) is 6.94. The predicted octanol–water partition coefficient (Wildman–Crippen LogP) is 2.29. The van der Waals surface area contributed by atoms with Crippen LogP contribution in [0.2, 0.25) is 0 Å². The maximum Gasteiger partial charge on any atom is 0.353 e. The van der Waals surface area contributed by atoms with Gasteiger partial charge in [-0.15, -0.1) is 0 Å². The first kappa shape index (κ1) is 17.1. The summed E-state index contributed by atoms with van der Waals surface area (Å²) in [6.45, 7) is 7.10. The number of hydrogen-bond acceptors (Lipinski definition) is 7. The first-order valence-corrected chi connectivity index (χ1v) is 6.94. The summed E-state index contributed by atoms with van der Waals surface area (Å²) >= 11 is 0. The van der Waals surface area contributed by atoms with Gasteiger partial charge in [0.05, 0.1) is 11.5 Å². The molecule has 0 aliphatic rings. The maximum atomic E-state index is 11.3. The molecule has 0 spiro atoms. The van der Waals surface area contributed by atoms with Crippen LogP contribution in [0.15, 0.2) is 6.33 Å². The highest BCUT2D eigenvalue weighted by Gasteiger charge is 2.23. The molecule has 0 bridgehead atoms. The highest BCUT2D eigenvalue weighted by Crippen LogP contribution is 2.29. The number of nitro groups is 1. The number of nitrogens with zero attached hydrogens (tertiary/aromatic N) is 3. The van der Waals surface area contributed by atoms with Crippen LogP contribution in [-0.2, 0) is 4.74 Å². The van der Waals surface area contributed by atoms with E-state index in [4.69, 9.17) is 4.74 Å². The van der Waals surface area contributed by atoms with Gasteiger partial charge in [0.15, 0.2) is 0 Å². The summed E-state index contributed by atoms with van der Waals surface area (Å²) in [6.07, 6.45) is 2.22. The average molecular weight is 297 g/mol. The van der Waals surface area contributed by atoms with Crippen LogP contribution in [0, 0.1) is 16.0 Å². The van der Waals surface area contributed by atoms with Crippen molar-refractivity contribution in [2.45, 2.75) is 33.2 Å². The molecule has 0 aliphatic carbocycles. The van der Waals surface area contributed by atoms with Gasteiger partial charge in [0.25, 0.3) is 0 Å². The Kier molecular flexibility index (Phi) is 6.80. The van der Waals surface area contributed by atoms with Crippen molar-refractivity contribution in [3.63, 3.8) is 0 Å². The van der Waals surface area contributed by atoms with Gasteiger partial charge in [-0.05, 0) is 19.3 Å². The molecule has 0 radical (unpaired) electrons. The minimum absolute atomic E-state index is 0.0906. The number of ether oxygens (including phenoxy) is 1. The zero-order chi connectivity index (χ0) is 15.8. The van der Waals surface area contributed by atoms with Crippen molar-refractivity contribution in [1.29, 1.82) is 0 Å². The van der Waals surface area contributed by atoms with E-state index in [1.54, 1.807) is 7.11 Å². The van der Waals surface area contributed by atoms with Crippen LogP contribution in [0.5, 0.6) is 0 Å². The van der Waals surface area contributed by atoms with Crippen molar-refractivity contribution >= 4 is 17.3 Å². The van der Waals surface area contributed by atoms with Gasteiger partial charge in [0.1, 0.15) is 6.33 Å². The van der Waals surface area contributed by atoms with E-state index < -0.39 is 4.92 Å². The monoisotopic (exact) mass is 297 g/mol.